The number of hydrogen-bond acceptors (Lipinski definition) is 6. The minimum Gasteiger partial charge on any atom is -0.361 e. The van der Waals surface area contributed by atoms with Gasteiger partial charge < -0.3 is 14.4 Å². The Morgan fingerprint density at radius 1 is 1.15 bits per heavy atom. The van der Waals surface area contributed by atoms with E-state index in [0.29, 0.717) is 17.0 Å². The topological polar surface area (TPSA) is 125 Å². The summed E-state index contributed by atoms with van der Waals surface area (Å²) in [5.74, 6) is -0.397. The third-order valence-corrected chi connectivity index (χ3v) is 6.75. The highest BCUT2D eigenvalue weighted by Crippen LogP contribution is 2.24. The average molecular weight is 485 g/mol. The van der Waals surface area contributed by atoms with Gasteiger partial charge in [0.05, 0.1) is 22.7 Å². The van der Waals surface area contributed by atoms with Gasteiger partial charge in [0.15, 0.2) is 0 Å². The van der Waals surface area contributed by atoms with Crippen LogP contribution in [0.3, 0.4) is 0 Å². The van der Waals surface area contributed by atoms with Crippen LogP contribution in [0.4, 0.5) is 10.1 Å². The number of benzene rings is 2. The normalized spacial score (nSPS) is 11.5. The van der Waals surface area contributed by atoms with Crippen LogP contribution in [0.2, 0.25) is 0 Å². The molecular weight excluding hydrogens is 463 g/mol. The van der Waals surface area contributed by atoms with Crippen molar-refractivity contribution in [1.82, 2.24) is 15.0 Å². The molecular formula is C23H21FN4O5S. The van der Waals surface area contributed by atoms with Gasteiger partial charge >= 0.3 is 0 Å². The highest BCUT2D eigenvalue weighted by atomic mass is 32.2. The molecule has 0 aliphatic heterocycles. The van der Waals surface area contributed by atoms with E-state index >= 15 is 0 Å². The van der Waals surface area contributed by atoms with E-state index in [1.807, 2.05) is 0 Å². The second-order valence-corrected chi connectivity index (χ2v) is 9.51. The van der Waals surface area contributed by atoms with Crippen LogP contribution >= 0.6 is 0 Å². The van der Waals surface area contributed by atoms with E-state index in [1.54, 1.807) is 20.9 Å². The Bertz CT molecular complexity index is 1540. The summed E-state index contributed by atoms with van der Waals surface area (Å²) in [6.45, 7) is 3.69. The van der Waals surface area contributed by atoms with Crippen LogP contribution in [-0.4, -0.2) is 36.4 Å². The fourth-order valence-electron chi connectivity index (χ4n) is 3.55. The van der Waals surface area contributed by atoms with Gasteiger partial charge in [0, 0.05) is 35.3 Å². The average Bonchev–Trinajstić information content (AvgIpc) is 3.11. The van der Waals surface area contributed by atoms with Crippen molar-refractivity contribution in [3.63, 3.8) is 0 Å². The smallest absolute Gasteiger partial charge is 0.261 e. The number of anilines is 1. The van der Waals surface area contributed by atoms with E-state index in [9.17, 15) is 22.4 Å². The molecule has 34 heavy (non-hydrogen) atoms. The number of hydrogen-bond donors (Lipinski definition) is 2. The molecule has 0 saturated carbocycles. The van der Waals surface area contributed by atoms with E-state index in [1.165, 1.54) is 35.2 Å². The van der Waals surface area contributed by atoms with Crippen molar-refractivity contribution < 1.29 is 22.1 Å². The first kappa shape index (κ1) is 23.2. The van der Waals surface area contributed by atoms with Crippen molar-refractivity contribution in [1.29, 1.82) is 0 Å². The summed E-state index contributed by atoms with van der Waals surface area (Å²) in [6.07, 6.45) is 0. The van der Waals surface area contributed by atoms with Gasteiger partial charge in [-0.3, -0.25) is 14.3 Å². The number of fused-ring (bicyclic) bond motifs is 1. The number of carbonyl (C=O) groups is 1. The number of halogens is 1. The molecule has 0 fully saturated rings. The predicted octanol–water partition coefficient (Wildman–Crippen LogP) is 3.35. The molecule has 4 aromatic rings. The molecule has 1 amide bonds. The molecule has 2 heterocycles. The third-order valence-electron chi connectivity index (χ3n) is 5.37. The van der Waals surface area contributed by atoms with Gasteiger partial charge in [0.1, 0.15) is 11.6 Å². The Morgan fingerprint density at radius 3 is 2.50 bits per heavy atom. The largest absolute Gasteiger partial charge is 0.361 e. The third kappa shape index (κ3) is 4.55. The quantitative estimate of drug-likeness (QED) is 0.432. The Hall–Kier alpha value is -3.99. The lowest BCUT2D eigenvalue weighted by molar-refractivity contribution is 0.0786. The molecule has 0 aliphatic rings. The second kappa shape index (κ2) is 8.75. The lowest BCUT2D eigenvalue weighted by Gasteiger charge is -2.18. The lowest BCUT2D eigenvalue weighted by Crippen LogP contribution is -2.28. The van der Waals surface area contributed by atoms with Crippen LogP contribution < -0.4 is 10.3 Å². The molecule has 0 unspecified atom stereocenters. The number of amides is 1. The number of sulfonamides is 1. The Morgan fingerprint density at radius 2 is 1.85 bits per heavy atom. The van der Waals surface area contributed by atoms with Crippen molar-refractivity contribution in [3.05, 3.63) is 87.3 Å². The molecule has 0 atom stereocenters. The monoisotopic (exact) mass is 484 g/mol. The zero-order valence-corrected chi connectivity index (χ0v) is 19.4. The summed E-state index contributed by atoms with van der Waals surface area (Å²) >= 11 is 0. The first-order valence-electron chi connectivity index (χ1n) is 10.2. The van der Waals surface area contributed by atoms with Crippen molar-refractivity contribution in [2.75, 3.05) is 11.8 Å². The van der Waals surface area contributed by atoms with Gasteiger partial charge in [-0.15, -0.1) is 0 Å². The first-order chi connectivity index (χ1) is 16.0. The summed E-state index contributed by atoms with van der Waals surface area (Å²) in [5, 5.41) is 4.14. The van der Waals surface area contributed by atoms with Crippen molar-refractivity contribution in [2.45, 2.75) is 25.3 Å². The van der Waals surface area contributed by atoms with Crippen LogP contribution in [0, 0.1) is 19.7 Å². The van der Waals surface area contributed by atoms with Crippen molar-refractivity contribution in [3.8, 4) is 0 Å². The fourth-order valence-corrected chi connectivity index (χ4v) is 4.64. The number of nitrogens with one attached hydrogen (secondary N) is 2. The minimum atomic E-state index is -4.05. The van der Waals surface area contributed by atoms with Crippen LogP contribution in [0.5, 0.6) is 0 Å². The van der Waals surface area contributed by atoms with Gasteiger partial charge in [0.2, 0.25) is 5.56 Å². The number of aryl methyl sites for hydroxylation is 2. The van der Waals surface area contributed by atoms with Crippen molar-refractivity contribution >= 4 is 32.5 Å². The number of aromatic amines is 1. The molecule has 11 heteroatoms. The fraction of sp³-hybridized carbons (Fsp3) is 0.174. The zero-order chi connectivity index (χ0) is 24.6. The van der Waals surface area contributed by atoms with Gasteiger partial charge in [-0.25, -0.2) is 12.8 Å². The maximum absolute atomic E-state index is 13.3. The van der Waals surface area contributed by atoms with E-state index in [0.717, 1.165) is 23.8 Å². The maximum Gasteiger partial charge on any atom is 0.261 e. The molecule has 0 spiro atoms. The summed E-state index contributed by atoms with van der Waals surface area (Å²) in [4.78, 5) is 29.3. The molecule has 0 saturated heterocycles. The Balaban J connectivity index is 1.72. The van der Waals surface area contributed by atoms with Crippen molar-refractivity contribution in [2.24, 2.45) is 0 Å². The number of carbonyl (C=O) groups excluding carboxylic acids is 1. The maximum atomic E-state index is 13.3. The molecule has 0 radical (unpaired) electrons. The SMILES string of the molecule is Cc1noc(C)c1CN(C)C(=O)c1cc(=O)[nH]c2ccc(S(=O)(=O)Nc3ccc(F)cc3)cc12. The Labute approximate surface area is 194 Å². The highest BCUT2D eigenvalue weighted by molar-refractivity contribution is 7.92. The molecule has 0 bridgehead atoms. The molecule has 9 nitrogen and oxygen atoms in total. The highest BCUT2D eigenvalue weighted by Gasteiger charge is 2.22. The van der Waals surface area contributed by atoms with Crippen LogP contribution in [0.25, 0.3) is 10.9 Å². The minimum absolute atomic E-state index is 0.0480. The number of aromatic nitrogens is 2. The summed E-state index contributed by atoms with van der Waals surface area (Å²) < 4.78 is 46.5. The standard InChI is InChI=1S/C23H21FN4O5S/c1-13-20(14(2)33-26-13)12-28(3)23(30)19-11-22(29)25-21-9-8-17(10-18(19)21)34(31,32)27-16-6-4-15(24)5-7-16/h4-11,27H,12H2,1-3H3,(H,25,29). The number of nitrogens with zero attached hydrogens (tertiary/aromatic N) is 2. The van der Waals surface area contributed by atoms with Crippen LogP contribution in [-0.2, 0) is 16.6 Å². The molecule has 2 aromatic heterocycles. The molecule has 0 aliphatic carbocycles. The molecule has 2 aromatic carbocycles. The van der Waals surface area contributed by atoms with Gasteiger partial charge in [-0.05, 0) is 56.3 Å². The van der Waals surface area contributed by atoms with E-state index in [-0.39, 0.29) is 28.1 Å². The molecule has 4 rings (SSSR count). The molecule has 176 valence electrons. The number of rotatable bonds is 6. The second-order valence-electron chi connectivity index (χ2n) is 7.83. The van der Waals surface area contributed by atoms with E-state index in [4.69, 9.17) is 4.52 Å². The summed E-state index contributed by atoms with van der Waals surface area (Å²) in [6, 6.07) is 10.0. The Kier molecular flexibility index (Phi) is 5.96. The van der Waals surface area contributed by atoms with Gasteiger partial charge in [-0.1, -0.05) is 5.16 Å². The van der Waals surface area contributed by atoms with Gasteiger partial charge in [-0.2, -0.15) is 0 Å². The molecule has 2 N–H and O–H groups in total. The van der Waals surface area contributed by atoms with E-state index in [2.05, 4.69) is 14.9 Å². The lowest BCUT2D eigenvalue weighted by atomic mass is 10.1. The van der Waals surface area contributed by atoms with Crippen LogP contribution in [0.1, 0.15) is 27.4 Å². The van der Waals surface area contributed by atoms with Gasteiger partial charge in [0.25, 0.3) is 15.9 Å². The number of H-pyrrole nitrogens is 1. The predicted molar refractivity (Wildman–Crippen MR) is 124 cm³/mol. The zero-order valence-electron chi connectivity index (χ0n) is 18.5. The first-order valence-corrected chi connectivity index (χ1v) is 11.7. The van der Waals surface area contributed by atoms with Crippen LogP contribution in [0.15, 0.2) is 62.7 Å². The summed E-state index contributed by atoms with van der Waals surface area (Å²) in [7, 11) is -2.49. The number of pyridine rings is 1. The summed E-state index contributed by atoms with van der Waals surface area (Å²) in [5.41, 5.74) is 1.43. The van der Waals surface area contributed by atoms with E-state index < -0.39 is 27.3 Å².